The minimum absolute atomic E-state index is 0.0848. The zero-order valence-corrected chi connectivity index (χ0v) is 19.9. The second kappa shape index (κ2) is 9.28. The molecule has 0 atom stereocenters. The molecule has 2 aromatic carbocycles. The number of fused-ring (bicyclic) bond motifs is 1. The molecule has 0 spiro atoms. The quantitative estimate of drug-likeness (QED) is 0.433. The van der Waals surface area contributed by atoms with Gasteiger partial charge in [0.15, 0.2) is 0 Å². The van der Waals surface area contributed by atoms with Crippen molar-refractivity contribution in [1.29, 1.82) is 0 Å². The van der Waals surface area contributed by atoms with E-state index in [1.807, 2.05) is 0 Å². The monoisotopic (exact) mass is 497 g/mol. The average Bonchev–Trinajstić information content (AvgIpc) is 2.81. The summed E-state index contributed by atoms with van der Waals surface area (Å²) in [7, 11) is -2.70. The van der Waals surface area contributed by atoms with E-state index in [-0.39, 0.29) is 22.5 Å². The molecule has 4 rings (SSSR count). The number of nitrogens with zero attached hydrogens (tertiary/aromatic N) is 2. The van der Waals surface area contributed by atoms with Crippen LogP contribution < -0.4 is 15.5 Å². The van der Waals surface area contributed by atoms with Gasteiger partial charge in [-0.1, -0.05) is 23.7 Å². The Bertz CT molecular complexity index is 1560. The zero-order chi connectivity index (χ0) is 24.5. The average molecular weight is 498 g/mol. The van der Waals surface area contributed by atoms with Crippen molar-refractivity contribution in [3.8, 4) is 5.75 Å². The van der Waals surface area contributed by atoms with Gasteiger partial charge >= 0.3 is 0 Å². The first-order valence-electron chi connectivity index (χ1n) is 10.1. The topological polar surface area (TPSA) is 107 Å². The summed E-state index contributed by atoms with van der Waals surface area (Å²) in [5, 5.41) is 3.20. The molecule has 0 saturated carbocycles. The Morgan fingerprint density at radius 1 is 1.09 bits per heavy atom. The molecule has 1 N–H and O–H groups in total. The van der Waals surface area contributed by atoms with Crippen molar-refractivity contribution < 1.29 is 17.9 Å². The number of anilines is 1. The van der Waals surface area contributed by atoms with Crippen LogP contribution in [0.2, 0.25) is 5.02 Å². The lowest BCUT2D eigenvalue weighted by molar-refractivity contribution is -0.116. The Balaban J connectivity index is 1.82. The maximum atomic E-state index is 13.3. The Hall–Kier alpha value is -3.69. The van der Waals surface area contributed by atoms with Gasteiger partial charge in [0.05, 0.1) is 23.1 Å². The van der Waals surface area contributed by atoms with E-state index in [4.69, 9.17) is 16.3 Å². The maximum Gasteiger partial charge on any atom is 0.244 e. The number of halogens is 1. The van der Waals surface area contributed by atoms with Crippen molar-refractivity contribution in [3.05, 3.63) is 87.8 Å². The Kier molecular flexibility index (Phi) is 6.41. The van der Waals surface area contributed by atoms with Gasteiger partial charge in [-0.25, -0.2) is 13.4 Å². The number of aromatic nitrogens is 2. The highest BCUT2D eigenvalue weighted by atomic mass is 35.5. The van der Waals surface area contributed by atoms with Crippen LogP contribution in [0.15, 0.2) is 81.4 Å². The fraction of sp³-hybridized carbons (Fsp3) is 0.125. The van der Waals surface area contributed by atoms with Crippen molar-refractivity contribution in [3.63, 3.8) is 0 Å². The molecule has 0 radical (unpaired) electrons. The lowest BCUT2D eigenvalue weighted by Gasteiger charge is -2.15. The van der Waals surface area contributed by atoms with Crippen molar-refractivity contribution in [2.75, 3.05) is 12.4 Å². The third-order valence-corrected chi connectivity index (χ3v) is 7.15. The van der Waals surface area contributed by atoms with Crippen molar-refractivity contribution in [2.24, 2.45) is 0 Å². The summed E-state index contributed by atoms with van der Waals surface area (Å²) in [5.74, 6) is 0.0215. The molecular weight excluding hydrogens is 478 g/mol. The zero-order valence-electron chi connectivity index (χ0n) is 18.3. The molecule has 0 aliphatic carbocycles. The number of amides is 1. The second-order valence-corrected chi connectivity index (χ2v) is 9.83. The molecule has 2 heterocycles. The Morgan fingerprint density at radius 3 is 2.50 bits per heavy atom. The number of hydrogen-bond acceptors (Lipinski definition) is 6. The number of sulfone groups is 1. The van der Waals surface area contributed by atoms with Crippen LogP contribution in [-0.2, 0) is 21.2 Å². The van der Waals surface area contributed by atoms with Crippen LogP contribution in [0, 0.1) is 6.92 Å². The molecule has 1 amide bonds. The predicted molar refractivity (Wildman–Crippen MR) is 129 cm³/mol. The standard InChI is InChI=1S/C24H20ClN3O5S/c1-15-7-12-18-23(30)21(34(31,32)17-10-8-16(25)9-11-17)13-28(24(18)26-15)14-22(29)27-19-5-3-4-6-20(19)33-2/h3-13H,14H2,1-2H3,(H,27,29). The summed E-state index contributed by atoms with van der Waals surface area (Å²) < 4.78 is 33.2. The lowest BCUT2D eigenvalue weighted by atomic mass is 10.2. The summed E-state index contributed by atoms with van der Waals surface area (Å²) in [6.45, 7) is 1.45. The molecule has 2 aromatic heterocycles. The minimum Gasteiger partial charge on any atom is -0.495 e. The van der Waals surface area contributed by atoms with E-state index in [2.05, 4.69) is 10.3 Å². The number of carbonyl (C=O) groups is 1. The molecular formula is C24H20ClN3O5S. The fourth-order valence-electron chi connectivity index (χ4n) is 3.48. The van der Waals surface area contributed by atoms with Crippen LogP contribution >= 0.6 is 11.6 Å². The molecule has 174 valence electrons. The van der Waals surface area contributed by atoms with E-state index in [0.29, 0.717) is 22.2 Å². The van der Waals surface area contributed by atoms with Gasteiger partial charge in [0.1, 0.15) is 22.8 Å². The van der Waals surface area contributed by atoms with Gasteiger partial charge in [-0.05, 0) is 55.5 Å². The first-order chi connectivity index (χ1) is 16.2. The largest absolute Gasteiger partial charge is 0.495 e. The van der Waals surface area contributed by atoms with Crippen molar-refractivity contribution in [1.82, 2.24) is 9.55 Å². The van der Waals surface area contributed by atoms with Gasteiger partial charge in [-0.2, -0.15) is 0 Å². The van der Waals surface area contributed by atoms with Gasteiger partial charge in [0.25, 0.3) is 0 Å². The van der Waals surface area contributed by atoms with Crippen molar-refractivity contribution in [2.45, 2.75) is 23.3 Å². The SMILES string of the molecule is COc1ccccc1NC(=O)Cn1cc(S(=O)(=O)c2ccc(Cl)cc2)c(=O)c2ccc(C)nc21. The summed E-state index contributed by atoms with van der Waals surface area (Å²) in [5.41, 5.74) is 0.576. The van der Waals surface area contributed by atoms with E-state index >= 15 is 0 Å². The molecule has 0 unspecified atom stereocenters. The third-order valence-electron chi connectivity index (χ3n) is 5.14. The second-order valence-electron chi connectivity index (χ2n) is 7.48. The number of benzene rings is 2. The first kappa shape index (κ1) is 23.5. The predicted octanol–water partition coefficient (Wildman–Crippen LogP) is 3.84. The molecule has 10 heteroatoms. The summed E-state index contributed by atoms with van der Waals surface area (Å²) in [4.78, 5) is 29.9. The molecule has 8 nitrogen and oxygen atoms in total. The molecule has 0 fully saturated rings. The number of para-hydroxylation sites is 2. The van der Waals surface area contributed by atoms with Gasteiger partial charge < -0.3 is 14.6 Å². The highest BCUT2D eigenvalue weighted by Gasteiger charge is 2.25. The Labute approximate surface area is 200 Å². The summed E-state index contributed by atoms with van der Waals surface area (Å²) in [6.07, 6.45) is 1.16. The fourth-order valence-corrected chi connectivity index (χ4v) is 4.97. The normalized spacial score (nSPS) is 11.4. The number of aryl methyl sites for hydroxylation is 1. The molecule has 0 bridgehead atoms. The number of nitrogens with one attached hydrogen (secondary N) is 1. The Morgan fingerprint density at radius 2 is 1.79 bits per heavy atom. The van der Waals surface area contributed by atoms with Crippen LogP contribution in [0.25, 0.3) is 11.0 Å². The maximum absolute atomic E-state index is 13.3. The van der Waals surface area contributed by atoms with E-state index < -0.39 is 26.1 Å². The van der Waals surface area contributed by atoms with E-state index in [9.17, 15) is 18.0 Å². The van der Waals surface area contributed by atoms with Crippen molar-refractivity contribution >= 4 is 44.1 Å². The lowest BCUT2D eigenvalue weighted by Crippen LogP contribution is -2.24. The van der Waals surface area contributed by atoms with Gasteiger partial charge in [0.2, 0.25) is 21.2 Å². The van der Waals surface area contributed by atoms with Gasteiger partial charge in [-0.15, -0.1) is 0 Å². The molecule has 34 heavy (non-hydrogen) atoms. The number of ether oxygens (including phenoxy) is 1. The van der Waals surface area contributed by atoms with Gasteiger partial charge in [0, 0.05) is 16.9 Å². The van der Waals surface area contributed by atoms with Crippen LogP contribution in [0.1, 0.15) is 5.69 Å². The van der Waals surface area contributed by atoms with Crippen LogP contribution in [0.3, 0.4) is 0 Å². The van der Waals surface area contributed by atoms with Crippen LogP contribution in [0.5, 0.6) is 5.75 Å². The highest BCUT2D eigenvalue weighted by molar-refractivity contribution is 7.91. The molecule has 0 aliphatic rings. The summed E-state index contributed by atoms with van der Waals surface area (Å²) >= 11 is 5.88. The third kappa shape index (κ3) is 4.52. The number of hydrogen-bond donors (Lipinski definition) is 1. The number of carbonyl (C=O) groups excluding carboxylic acids is 1. The first-order valence-corrected chi connectivity index (χ1v) is 12.0. The number of pyridine rings is 2. The molecule has 4 aromatic rings. The smallest absolute Gasteiger partial charge is 0.244 e. The van der Waals surface area contributed by atoms with Crippen LogP contribution in [-0.4, -0.2) is 31.0 Å². The number of rotatable bonds is 6. The van der Waals surface area contributed by atoms with Crippen LogP contribution in [0.4, 0.5) is 5.69 Å². The van der Waals surface area contributed by atoms with Gasteiger partial charge in [-0.3, -0.25) is 9.59 Å². The highest BCUT2D eigenvalue weighted by Crippen LogP contribution is 2.24. The van der Waals surface area contributed by atoms with E-state index in [0.717, 1.165) is 6.20 Å². The molecule has 0 saturated heterocycles. The minimum atomic E-state index is -4.19. The number of methoxy groups -OCH3 is 1. The summed E-state index contributed by atoms with van der Waals surface area (Å²) in [6, 6.07) is 15.5. The molecule has 0 aliphatic heterocycles. The van der Waals surface area contributed by atoms with E-state index in [1.54, 1.807) is 37.3 Å². The van der Waals surface area contributed by atoms with E-state index in [1.165, 1.54) is 42.0 Å².